The van der Waals surface area contributed by atoms with E-state index in [2.05, 4.69) is 15.9 Å². The molecule has 1 heterocycles. The van der Waals surface area contributed by atoms with E-state index >= 15 is 0 Å². The van der Waals surface area contributed by atoms with Crippen molar-refractivity contribution < 1.29 is 19.1 Å². The summed E-state index contributed by atoms with van der Waals surface area (Å²) < 4.78 is 11.3. The van der Waals surface area contributed by atoms with Crippen LogP contribution in [0.15, 0.2) is 64.8 Å². The molecule has 0 saturated carbocycles. The fraction of sp³-hybridized carbons (Fsp3) is 0.273. The molecule has 2 aromatic carbocycles. The lowest BCUT2D eigenvalue weighted by Crippen LogP contribution is -2.37. The van der Waals surface area contributed by atoms with Crippen LogP contribution >= 0.6 is 15.9 Å². The average Bonchev–Trinajstić information content (AvgIpc) is 3.00. The summed E-state index contributed by atoms with van der Waals surface area (Å²) in [7, 11) is 3.22. The molecule has 0 radical (unpaired) electrons. The van der Waals surface area contributed by atoms with Gasteiger partial charge in [-0.25, -0.2) is 4.90 Å². The number of halogens is 1. The Morgan fingerprint density at radius 2 is 1.45 bits per heavy atom. The summed E-state index contributed by atoms with van der Waals surface area (Å²) in [5.41, 5.74) is 2.01. The number of imide groups is 1. The lowest BCUT2D eigenvalue weighted by Gasteiger charge is -2.25. The van der Waals surface area contributed by atoms with Crippen molar-refractivity contribution >= 4 is 39.0 Å². The largest absolute Gasteiger partial charge is 0.383 e. The molecule has 2 amide bonds. The molecule has 0 unspecified atom stereocenters. The van der Waals surface area contributed by atoms with Crippen LogP contribution in [0.3, 0.4) is 0 Å². The van der Waals surface area contributed by atoms with Gasteiger partial charge in [0.1, 0.15) is 5.70 Å². The average molecular weight is 459 g/mol. The lowest BCUT2D eigenvalue weighted by atomic mass is 10.0. The molecule has 7 heteroatoms. The standard InChI is InChI=1S/C22H23BrN2O4/c1-28-14-12-24(13-15-29-2)20-19(16-6-4-3-5-7-16)21(26)25(22(20)27)18-10-8-17(23)9-11-18/h3-11H,12-15H2,1-2H3. The predicted octanol–water partition coefficient (Wildman–Crippen LogP) is 3.33. The van der Waals surface area contributed by atoms with E-state index in [0.29, 0.717) is 48.8 Å². The van der Waals surface area contributed by atoms with Crippen molar-refractivity contribution in [1.82, 2.24) is 4.90 Å². The van der Waals surface area contributed by atoms with Crippen LogP contribution in [0, 0.1) is 0 Å². The Hall–Kier alpha value is -2.48. The summed E-state index contributed by atoms with van der Waals surface area (Å²) in [6, 6.07) is 16.4. The number of rotatable bonds is 9. The minimum atomic E-state index is -0.344. The van der Waals surface area contributed by atoms with Gasteiger partial charge in [-0.1, -0.05) is 46.3 Å². The normalized spacial score (nSPS) is 14.1. The minimum Gasteiger partial charge on any atom is -0.383 e. The monoisotopic (exact) mass is 458 g/mol. The van der Waals surface area contributed by atoms with Crippen LogP contribution < -0.4 is 4.90 Å². The fourth-order valence-corrected chi connectivity index (χ4v) is 3.50. The molecule has 2 aromatic rings. The number of anilines is 1. The quantitative estimate of drug-likeness (QED) is 0.539. The first-order chi connectivity index (χ1) is 14.1. The van der Waals surface area contributed by atoms with Crippen molar-refractivity contribution in [2.24, 2.45) is 0 Å². The summed E-state index contributed by atoms with van der Waals surface area (Å²) in [5.74, 6) is -0.679. The van der Waals surface area contributed by atoms with Gasteiger partial charge in [0.25, 0.3) is 11.8 Å². The molecule has 152 valence electrons. The van der Waals surface area contributed by atoms with Crippen LogP contribution in [0.2, 0.25) is 0 Å². The van der Waals surface area contributed by atoms with Gasteiger partial charge in [0.2, 0.25) is 0 Å². The van der Waals surface area contributed by atoms with Crippen molar-refractivity contribution in [3.8, 4) is 0 Å². The number of hydrogen-bond donors (Lipinski definition) is 0. The zero-order valence-corrected chi connectivity index (χ0v) is 18.0. The van der Waals surface area contributed by atoms with Crippen molar-refractivity contribution in [2.45, 2.75) is 0 Å². The SMILES string of the molecule is COCCN(CCOC)C1=C(c2ccccc2)C(=O)N(c2ccc(Br)cc2)C1=O. The molecule has 3 rings (SSSR count). The van der Waals surface area contributed by atoms with Gasteiger partial charge in [0, 0.05) is 31.8 Å². The maximum absolute atomic E-state index is 13.5. The van der Waals surface area contributed by atoms with Crippen LogP contribution in [0.5, 0.6) is 0 Å². The number of nitrogens with zero attached hydrogens (tertiary/aromatic N) is 2. The van der Waals surface area contributed by atoms with Crippen molar-refractivity contribution in [3.05, 3.63) is 70.3 Å². The molecule has 0 spiro atoms. The fourth-order valence-electron chi connectivity index (χ4n) is 3.24. The first-order valence-corrected chi connectivity index (χ1v) is 10.0. The first kappa shape index (κ1) is 21.2. The Morgan fingerprint density at radius 1 is 0.862 bits per heavy atom. The Morgan fingerprint density at radius 3 is 2.00 bits per heavy atom. The van der Waals surface area contributed by atoms with E-state index in [-0.39, 0.29) is 11.8 Å². The molecule has 0 atom stereocenters. The molecule has 29 heavy (non-hydrogen) atoms. The van der Waals surface area contributed by atoms with Gasteiger partial charge in [-0.3, -0.25) is 9.59 Å². The van der Waals surface area contributed by atoms with Crippen LogP contribution in [0.25, 0.3) is 5.57 Å². The Kier molecular flexibility index (Phi) is 7.19. The van der Waals surface area contributed by atoms with Crippen molar-refractivity contribution in [3.63, 3.8) is 0 Å². The first-order valence-electron chi connectivity index (χ1n) is 9.25. The topological polar surface area (TPSA) is 59.1 Å². The van der Waals surface area contributed by atoms with E-state index in [1.807, 2.05) is 47.4 Å². The predicted molar refractivity (Wildman–Crippen MR) is 115 cm³/mol. The summed E-state index contributed by atoms with van der Waals surface area (Å²) in [6.07, 6.45) is 0. The number of carbonyl (C=O) groups excluding carboxylic acids is 2. The highest BCUT2D eigenvalue weighted by atomic mass is 79.9. The van der Waals surface area contributed by atoms with Crippen molar-refractivity contribution in [2.75, 3.05) is 45.4 Å². The van der Waals surface area contributed by atoms with Gasteiger partial charge in [-0.15, -0.1) is 0 Å². The number of carbonyl (C=O) groups is 2. The lowest BCUT2D eigenvalue weighted by molar-refractivity contribution is -0.120. The van der Waals surface area contributed by atoms with Crippen molar-refractivity contribution in [1.29, 1.82) is 0 Å². The molecule has 0 fully saturated rings. The number of methoxy groups -OCH3 is 2. The zero-order valence-electron chi connectivity index (χ0n) is 16.4. The maximum Gasteiger partial charge on any atom is 0.282 e. The second-order valence-corrected chi connectivity index (χ2v) is 7.40. The second-order valence-electron chi connectivity index (χ2n) is 6.48. The smallest absolute Gasteiger partial charge is 0.282 e. The van der Waals surface area contributed by atoms with Gasteiger partial charge in [0.05, 0.1) is 24.5 Å². The van der Waals surface area contributed by atoms with Gasteiger partial charge in [-0.05, 0) is 29.8 Å². The van der Waals surface area contributed by atoms with Gasteiger partial charge < -0.3 is 14.4 Å². The van der Waals surface area contributed by atoms with Crippen LogP contribution in [-0.2, 0) is 19.1 Å². The second kappa shape index (κ2) is 9.82. The zero-order chi connectivity index (χ0) is 20.8. The highest BCUT2D eigenvalue weighted by molar-refractivity contribution is 9.10. The van der Waals surface area contributed by atoms with E-state index in [4.69, 9.17) is 9.47 Å². The Bertz CT molecular complexity index is 889. The highest BCUT2D eigenvalue weighted by Crippen LogP contribution is 2.35. The number of ether oxygens (including phenoxy) is 2. The van der Waals surface area contributed by atoms with Crippen LogP contribution in [0.4, 0.5) is 5.69 Å². The van der Waals surface area contributed by atoms with E-state index in [0.717, 1.165) is 4.47 Å². The maximum atomic E-state index is 13.5. The van der Waals surface area contributed by atoms with Gasteiger partial charge >= 0.3 is 0 Å². The number of amides is 2. The Labute approximate surface area is 178 Å². The highest BCUT2D eigenvalue weighted by Gasteiger charge is 2.42. The summed E-state index contributed by atoms with van der Waals surface area (Å²) in [6.45, 7) is 1.79. The Balaban J connectivity index is 2.09. The van der Waals surface area contributed by atoms with Crippen LogP contribution in [-0.4, -0.2) is 57.2 Å². The molecule has 0 N–H and O–H groups in total. The van der Waals surface area contributed by atoms with E-state index in [1.165, 1.54) is 4.90 Å². The molecule has 0 aromatic heterocycles. The number of benzene rings is 2. The molecular formula is C22H23BrN2O4. The summed E-state index contributed by atoms with van der Waals surface area (Å²) >= 11 is 3.39. The number of hydrogen-bond acceptors (Lipinski definition) is 5. The van der Waals surface area contributed by atoms with E-state index < -0.39 is 0 Å². The van der Waals surface area contributed by atoms with E-state index in [1.54, 1.807) is 26.4 Å². The van der Waals surface area contributed by atoms with E-state index in [9.17, 15) is 9.59 Å². The van der Waals surface area contributed by atoms with Crippen LogP contribution in [0.1, 0.15) is 5.56 Å². The molecule has 0 aliphatic carbocycles. The third-order valence-corrected chi connectivity index (χ3v) is 5.18. The minimum absolute atomic E-state index is 0.335. The molecular weight excluding hydrogens is 436 g/mol. The van der Waals surface area contributed by atoms with Gasteiger partial charge in [0.15, 0.2) is 0 Å². The third-order valence-electron chi connectivity index (χ3n) is 4.65. The van der Waals surface area contributed by atoms with Gasteiger partial charge in [-0.2, -0.15) is 0 Å². The summed E-state index contributed by atoms with van der Waals surface area (Å²) in [5, 5.41) is 0. The molecule has 1 aliphatic rings. The third kappa shape index (κ3) is 4.58. The molecule has 0 saturated heterocycles. The molecule has 1 aliphatic heterocycles. The molecule has 6 nitrogen and oxygen atoms in total. The molecule has 0 bridgehead atoms. The summed E-state index contributed by atoms with van der Waals surface area (Å²) in [4.78, 5) is 30.0.